The number of benzene rings is 1. The van der Waals surface area contributed by atoms with Crippen LogP contribution in [-0.2, 0) is 4.79 Å². The maximum Gasteiger partial charge on any atom is 0.257 e. The lowest BCUT2D eigenvalue weighted by Gasteiger charge is -2.03. The molecule has 1 aromatic rings. The molecule has 0 saturated carbocycles. The first kappa shape index (κ1) is 13.7. The molecule has 5 heteroatoms. The topological polar surface area (TPSA) is 72.2 Å². The molecule has 0 spiro atoms. The monoisotopic (exact) mass is 252 g/mol. The zero-order valence-electron chi connectivity index (χ0n) is 9.52. The van der Waals surface area contributed by atoms with Crippen LogP contribution in [0.25, 0.3) is 0 Å². The van der Waals surface area contributed by atoms with Crippen molar-refractivity contribution in [2.75, 3.05) is 18.1 Å². The van der Waals surface area contributed by atoms with Gasteiger partial charge in [0.15, 0.2) is 0 Å². The Bertz CT molecular complexity index is 368. The molecule has 1 aromatic carbocycles. The van der Waals surface area contributed by atoms with Crippen molar-refractivity contribution in [3.05, 3.63) is 35.9 Å². The first-order valence-electron chi connectivity index (χ1n) is 5.41. The van der Waals surface area contributed by atoms with Gasteiger partial charge in [-0.1, -0.05) is 18.2 Å². The highest BCUT2D eigenvalue weighted by Gasteiger charge is 2.09. The summed E-state index contributed by atoms with van der Waals surface area (Å²) in [5.74, 6) is 0.512. The van der Waals surface area contributed by atoms with Gasteiger partial charge in [0.05, 0.1) is 5.75 Å². The van der Waals surface area contributed by atoms with Crippen LogP contribution >= 0.6 is 11.8 Å². The maximum absolute atomic E-state index is 11.6. The van der Waals surface area contributed by atoms with Crippen LogP contribution in [0.2, 0.25) is 0 Å². The van der Waals surface area contributed by atoms with E-state index in [1.807, 2.05) is 6.07 Å². The average molecular weight is 252 g/mol. The molecule has 0 heterocycles. The number of imide groups is 1. The van der Waals surface area contributed by atoms with Gasteiger partial charge in [-0.3, -0.25) is 14.9 Å². The third-order valence-corrected chi connectivity index (χ3v) is 3.06. The number of carbonyl (C=O) groups is 2. The Balaban J connectivity index is 2.29. The molecule has 92 valence electrons. The molecule has 0 saturated heterocycles. The van der Waals surface area contributed by atoms with E-state index in [4.69, 9.17) is 5.73 Å². The molecule has 0 aromatic heterocycles. The molecule has 3 N–H and O–H groups in total. The van der Waals surface area contributed by atoms with Crippen LogP contribution in [0.5, 0.6) is 0 Å². The zero-order valence-corrected chi connectivity index (χ0v) is 10.3. The van der Waals surface area contributed by atoms with Gasteiger partial charge in [0.25, 0.3) is 5.91 Å². The maximum atomic E-state index is 11.6. The summed E-state index contributed by atoms with van der Waals surface area (Å²) in [6.45, 7) is 0.623. The predicted molar refractivity (Wildman–Crippen MR) is 69.9 cm³/mol. The highest BCUT2D eigenvalue weighted by Crippen LogP contribution is 2.02. The van der Waals surface area contributed by atoms with Gasteiger partial charge in [-0.2, -0.15) is 11.8 Å². The molecule has 0 atom stereocenters. The highest BCUT2D eigenvalue weighted by atomic mass is 32.2. The van der Waals surface area contributed by atoms with Gasteiger partial charge in [-0.25, -0.2) is 0 Å². The van der Waals surface area contributed by atoms with E-state index in [-0.39, 0.29) is 11.8 Å². The minimum Gasteiger partial charge on any atom is -0.330 e. The third kappa shape index (κ3) is 5.51. The number of hydrogen-bond acceptors (Lipinski definition) is 4. The van der Waals surface area contributed by atoms with E-state index >= 15 is 0 Å². The van der Waals surface area contributed by atoms with Crippen molar-refractivity contribution in [1.29, 1.82) is 0 Å². The van der Waals surface area contributed by atoms with Crippen LogP contribution in [0.1, 0.15) is 16.8 Å². The fourth-order valence-corrected chi connectivity index (χ4v) is 1.95. The highest BCUT2D eigenvalue weighted by molar-refractivity contribution is 7.99. The van der Waals surface area contributed by atoms with Crippen molar-refractivity contribution < 1.29 is 9.59 Å². The summed E-state index contributed by atoms with van der Waals surface area (Å²) in [7, 11) is 0. The smallest absolute Gasteiger partial charge is 0.257 e. The second kappa shape index (κ2) is 7.86. The summed E-state index contributed by atoms with van der Waals surface area (Å²) in [6, 6.07) is 8.68. The summed E-state index contributed by atoms with van der Waals surface area (Å²) in [5, 5.41) is 2.34. The number of thioether (sulfide) groups is 1. The van der Waals surface area contributed by atoms with Crippen molar-refractivity contribution in [2.45, 2.75) is 6.42 Å². The lowest BCUT2D eigenvalue weighted by Crippen LogP contribution is -2.31. The van der Waals surface area contributed by atoms with Crippen LogP contribution in [0.4, 0.5) is 0 Å². The van der Waals surface area contributed by atoms with Crippen molar-refractivity contribution in [2.24, 2.45) is 5.73 Å². The molecular weight excluding hydrogens is 236 g/mol. The van der Waals surface area contributed by atoms with E-state index in [1.165, 1.54) is 11.8 Å². The number of rotatable bonds is 6. The third-order valence-electron chi connectivity index (χ3n) is 2.01. The van der Waals surface area contributed by atoms with Gasteiger partial charge < -0.3 is 5.73 Å². The normalized spacial score (nSPS) is 9.94. The second-order valence-electron chi connectivity index (χ2n) is 3.44. The molecule has 0 unspecified atom stereocenters. The number of hydrogen-bond donors (Lipinski definition) is 2. The Morgan fingerprint density at radius 3 is 2.59 bits per heavy atom. The van der Waals surface area contributed by atoms with Crippen LogP contribution in [0.15, 0.2) is 30.3 Å². The van der Waals surface area contributed by atoms with E-state index in [0.717, 1.165) is 12.2 Å². The van der Waals surface area contributed by atoms with E-state index in [0.29, 0.717) is 17.9 Å². The molecule has 1 rings (SSSR count). The Hall–Kier alpha value is -1.33. The van der Waals surface area contributed by atoms with Crippen LogP contribution < -0.4 is 11.1 Å². The zero-order chi connectivity index (χ0) is 12.5. The van der Waals surface area contributed by atoms with Crippen molar-refractivity contribution in [1.82, 2.24) is 5.32 Å². The van der Waals surface area contributed by atoms with Crippen LogP contribution in [0, 0.1) is 0 Å². The standard InChI is InChI=1S/C12H16N2O2S/c13-7-4-8-17-9-11(15)14-12(16)10-5-2-1-3-6-10/h1-3,5-6H,4,7-9,13H2,(H,14,15,16). The Kier molecular flexibility index (Phi) is 6.35. The van der Waals surface area contributed by atoms with E-state index in [2.05, 4.69) is 5.32 Å². The summed E-state index contributed by atoms with van der Waals surface area (Å²) >= 11 is 1.48. The molecule has 0 radical (unpaired) electrons. The fraction of sp³-hybridized carbons (Fsp3) is 0.333. The van der Waals surface area contributed by atoms with Crippen molar-refractivity contribution in [3.63, 3.8) is 0 Å². The van der Waals surface area contributed by atoms with Gasteiger partial charge in [0, 0.05) is 5.56 Å². The molecule has 2 amide bonds. The minimum absolute atomic E-state index is 0.263. The minimum atomic E-state index is -0.352. The summed E-state index contributed by atoms with van der Waals surface area (Å²) in [6.07, 6.45) is 0.880. The fourth-order valence-electron chi connectivity index (χ4n) is 1.17. The van der Waals surface area contributed by atoms with Gasteiger partial charge in [-0.15, -0.1) is 0 Å². The second-order valence-corrected chi connectivity index (χ2v) is 4.54. The molecule has 0 aliphatic rings. The number of nitrogens with two attached hydrogens (primary N) is 1. The quantitative estimate of drug-likeness (QED) is 0.742. The van der Waals surface area contributed by atoms with Crippen LogP contribution in [0.3, 0.4) is 0 Å². The van der Waals surface area contributed by atoms with E-state index < -0.39 is 0 Å². The summed E-state index contributed by atoms with van der Waals surface area (Å²) in [4.78, 5) is 23.0. The van der Waals surface area contributed by atoms with Crippen molar-refractivity contribution in [3.8, 4) is 0 Å². The Morgan fingerprint density at radius 1 is 1.24 bits per heavy atom. The molecule has 17 heavy (non-hydrogen) atoms. The molecule has 0 fully saturated rings. The molecule has 0 aliphatic carbocycles. The van der Waals surface area contributed by atoms with Crippen LogP contribution in [-0.4, -0.2) is 29.9 Å². The average Bonchev–Trinajstić information content (AvgIpc) is 2.36. The molecule has 0 bridgehead atoms. The number of carbonyl (C=O) groups excluding carboxylic acids is 2. The molecular formula is C12H16N2O2S. The molecule has 0 aliphatic heterocycles. The van der Waals surface area contributed by atoms with Gasteiger partial charge in [0.1, 0.15) is 0 Å². The van der Waals surface area contributed by atoms with E-state index in [1.54, 1.807) is 24.3 Å². The Morgan fingerprint density at radius 2 is 1.94 bits per heavy atom. The van der Waals surface area contributed by atoms with Gasteiger partial charge in [0.2, 0.25) is 5.91 Å². The largest absolute Gasteiger partial charge is 0.330 e. The summed E-state index contributed by atoms with van der Waals surface area (Å²) in [5.41, 5.74) is 5.83. The Labute approximate surface area is 105 Å². The first-order chi connectivity index (χ1) is 8.24. The van der Waals surface area contributed by atoms with Crippen molar-refractivity contribution >= 4 is 23.6 Å². The first-order valence-corrected chi connectivity index (χ1v) is 6.56. The van der Waals surface area contributed by atoms with Gasteiger partial charge in [-0.05, 0) is 30.9 Å². The number of amides is 2. The van der Waals surface area contributed by atoms with Gasteiger partial charge >= 0.3 is 0 Å². The summed E-state index contributed by atoms with van der Waals surface area (Å²) < 4.78 is 0. The SMILES string of the molecule is NCCCSCC(=O)NC(=O)c1ccccc1. The molecule has 4 nitrogen and oxygen atoms in total. The lowest BCUT2D eigenvalue weighted by atomic mass is 10.2. The lowest BCUT2D eigenvalue weighted by molar-refractivity contribution is -0.117. The number of nitrogens with one attached hydrogen (secondary N) is 1. The predicted octanol–water partition coefficient (Wildman–Crippen LogP) is 1.02. The van der Waals surface area contributed by atoms with E-state index in [9.17, 15) is 9.59 Å².